The van der Waals surface area contributed by atoms with Crippen LogP contribution in [0.1, 0.15) is 12.0 Å². The average molecular weight is 204 g/mol. The molecule has 1 N–H and O–H groups in total. The van der Waals surface area contributed by atoms with Crippen LogP contribution in [0.4, 0.5) is 0 Å². The minimum absolute atomic E-state index is 0.194. The van der Waals surface area contributed by atoms with E-state index in [4.69, 9.17) is 5.26 Å². The average Bonchev–Trinajstić information content (AvgIpc) is 2.19. The Bertz CT molecular complexity index is 318. The van der Waals surface area contributed by atoms with Crippen molar-refractivity contribution in [1.29, 1.82) is 5.26 Å². The molecule has 0 aliphatic heterocycles. The van der Waals surface area contributed by atoms with Crippen molar-refractivity contribution in [3.8, 4) is 6.07 Å². The van der Waals surface area contributed by atoms with Gasteiger partial charge in [-0.2, -0.15) is 5.26 Å². The van der Waals surface area contributed by atoms with Crippen molar-refractivity contribution >= 4 is 0 Å². The molecule has 80 valence electrons. The number of rotatable bonds is 5. The lowest BCUT2D eigenvalue weighted by molar-refractivity contribution is 0.126. The predicted molar refractivity (Wildman–Crippen MR) is 59.0 cm³/mol. The Morgan fingerprint density at radius 2 is 2.07 bits per heavy atom. The van der Waals surface area contributed by atoms with Gasteiger partial charge in [-0.3, -0.25) is 4.90 Å². The lowest BCUT2D eigenvalue weighted by Gasteiger charge is -2.18. The lowest BCUT2D eigenvalue weighted by atomic mass is 10.2. The zero-order chi connectivity index (χ0) is 11.1. The zero-order valence-corrected chi connectivity index (χ0v) is 8.93. The van der Waals surface area contributed by atoms with Crippen LogP contribution in [0.5, 0.6) is 0 Å². The summed E-state index contributed by atoms with van der Waals surface area (Å²) < 4.78 is 0. The highest BCUT2D eigenvalue weighted by Gasteiger charge is 2.07. The Kier molecular flexibility index (Phi) is 4.82. The first-order valence-corrected chi connectivity index (χ1v) is 5.00. The third-order valence-corrected chi connectivity index (χ3v) is 2.14. The Labute approximate surface area is 90.6 Å². The molecule has 3 nitrogen and oxygen atoms in total. The van der Waals surface area contributed by atoms with Crippen LogP contribution in [0.3, 0.4) is 0 Å². The SMILES string of the molecule is CN(Cc1ccccc1)CC(O)CC#N. The fraction of sp³-hybridized carbons (Fsp3) is 0.417. The molecular formula is C12H16N2O. The van der Waals surface area contributed by atoms with Gasteiger partial charge in [-0.25, -0.2) is 0 Å². The minimum atomic E-state index is -0.552. The number of aliphatic hydroxyl groups excluding tert-OH is 1. The third-order valence-electron chi connectivity index (χ3n) is 2.14. The highest BCUT2D eigenvalue weighted by atomic mass is 16.3. The van der Waals surface area contributed by atoms with Gasteiger partial charge in [-0.15, -0.1) is 0 Å². The maximum Gasteiger partial charge on any atom is 0.0796 e. The first-order chi connectivity index (χ1) is 7.22. The van der Waals surface area contributed by atoms with E-state index in [2.05, 4.69) is 0 Å². The fourth-order valence-electron chi connectivity index (χ4n) is 1.49. The van der Waals surface area contributed by atoms with Gasteiger partial charge in [-0.1, -0.05) is 30.3 Å². The third kappa shape index (κ3) is 4.59. The molecule has 0 saturated heterocycles. The van der Waals surface area contributed by atoms with Crippen molar-refractivity contribution in [3.05, 3.63) is 35.9 Å². The first-order valence-electron chi connectivity index (χ1n) is 5.00. The van der Waals surface area contributed by atoms with E-state index in [1.807, 2.05) is 48.3 Å². The topological polar surface area (TPSA) is 47.3 Å². The van der Waals surface area contributed by atoms with Crippen molar-refractivity contribution in [1.82, 2.24) is 4.90 Å². The number of nitrogens with zero attached hydrogens (tertiary/aromatic N) is 2. The van der Waals surface area contributed by atoms with Gasteiger partial charge < -0.3 is 5.11 Å². The smallest absolute Gasteiger partial charge is 0.0796 e. The molecule has 0 amide bonds. The van der Waals surface area contributed by atoms with Crippen LogP contribution in [-0.4, -0.2) is 29.7 Å². The molecule has 0 aromatic heterocycles. The van der Waals surface area contributed by atoms with Crippen LogP contribution in [-0.2, 0) is 6.54 Å². The number of aliphatic hydroxyl groups is 1. The molecule has 0 saturated carbocycles. The quantitative estimate of drug-likeness (QED) is 0.788. The molecule has 15 heavy (non-hydrogen) atoms. The van der Waals surface area contributed by atoms with Crippen molar-refractivity contribution < 1.29 is 5.11 Å². The van der Waals surface area contributed by atoms with Gasteiger partial charge in [0.25, 0.3) is 0 Å². The van der Waals surface area contributed by atoms with E-state index < -0.39 is 6.10 Å². The normalized spacial score (nSPS) is 12.4. The summed E-state index contributed by atoms with van der Waals surface area (Å²) in [5.41, 5.74) is 1.21. The molecule has 0 fully saturated rings. The van der Waals surface area contributed by atoms with Crippen LogP contribution >= 0.6 is 0 Å². The summed E-state index contributed by atoms with van der Waals surface area (Å²) >= 11 is 0. The van der Waals surface area contributed by atoms with Gasteiger partial charge in [0.05, 0.1) is 18.6 Å². The maximum absolute atomic E-state index is 9.43. The molecule has 0 aliphatic carbocycles. The summed E-state index contributed by atoms with van der Waals surface area (Å²) in [6, 6.07) is 12.0. The van der Waals surface area contributed by atoms with Crippen molar-refractivity contribution in [2.24, 2.45) is 0 Å². The summed E-state index contributed by atoms with van der Waals surface area (Å²) in [4.78, 5) is 2.01. The highest BCUT2D eigenvalue weighted by Crippen LogP contribution is 2.03. The fourth-order valence-corrected chi connectivity index (χ4v) is 1.49. The van der Waals surface area contributed by atoms with Crippen molar-refractivity contribution in [3.63, 3.8) is 0 Å². The molecule has 3 heteroatoms. The van der Waals surface area contributed by atoms with Crippen LogP contribution in [0.25, 0.3) is 0 Å². The minimum Gasteiger partial charge on any atom is -0.391 e. The lowest BCUT2D eigenvalue weighted by Crippen LogP contribution is -2.28. The Hall–Kier alpha value is -1.37. The number of hydrogen-bond donors (Lipinski definition) is 1. The second-order valence-corrected chi connectivity index (χ2v) is 3.70. The zero-order valence-electron chi connectivity index (χ0n) is 8.93. The first kappa shape index (κ1) is 11.7. The molecule has 1 atom stereocenters. The Morgan fingerprint density at radius 3 is 2.67 bits per heavy atom. The number of benzene rings is 1. The standard InChI is InChI=1S/C12H16N2O/c1-14(10-12(15)7-8-13)9-11-5-3-2-4-6-11/h2-6,12,15H,7,9-10H2,1H3. The highest BCUT2D eigenvalue weighted by molar-refractivity contribution is 5.14. The van der Waals surface area contributed by atoms with Crippen LogP contribution in [0.2, 0.25) is 0 Å². The van der Waals surface area contributed by atoms with Crippen LogP contribution in [0.15, 0.2) is 30.3 Å². The van der Waals surface area contributed by atoms with Crippen LogP contribution in [0, 0.1) is 11.3 Å². The summed E-state index contributed by atoms with van der Waals surface area (Å²) in [6.07, 6.45) is -0.359. The summed E-state index contributed by atoms with van der Waals surface area (Å²) in [7, 11) is 1.94. The van der Waals surface area contributed by atoms with E-state index in [-0.39, 0.29) is 6.42 Å². The maximum atomic E-state index is 9.43. The Balaban J connectivity index is 2.37. The summed E-state index contributed by atoms with van der Waals surface area (Å²) in [5.74, 6) is 0. The van der Waals surface area contributed by atoms with Crippen molar-refractivity contribution in [2.45, 2.75) is 19.1 Å². The largest absolute Gasteiger partial charge is 0.391 e. The van der Waals surface area contributed by atoms with E-state index in [1.165, 1.54) is 5.56 Å². The van der Waals surface area contributed by atoms with Crippen molar-refractivity contribution in [2.75, 3.05) is 13.6 Å². The molecule has 1 rings (SSSR count). The predicted octanol–water partition coefficient (Wildman–Crippen LogP) is 1.39. The monoisotopic (exact) mass is 204 g/mol. The Morgan fingerprint density at radius 1 is 1.40 bits per heavy atom. The van der Waals surface area contributed by atoms with Gasteiger partial charge in [-0.05, 0) is 12.6 Å². The second-order valence-electron chi connectivity index (χ2n) is 3.70. The second kappa shape index (κ2) is 6.18. The molecule has 0 bridgehead atoms. The van der Waals surface area contributed by atoms with E-state index in [1.54, 1.807) is 0 Å². The van der Waals surface area contributed by atoms with Crippen LogP contribution < -0.4 is 0 Å². The molecule has 0 heterocycles. The molecule has 0 radical (unpaired) electrons. The molecular weight excluding hydrogens is 188 g/mol. The number of nitriles is 1. The molecule has 1 aromatic rings. The molecule has 1 unspecified atom stereocenters. The summed E-state index contributed by atoms with van der Waals surface area (Å²) in [5, 5.41) is 17.8. The molecule has 0 spiro atoms. The van der Waals surface area contributed by atoms with E-state index in [0.717, 1.165) is 6.54 Å². The molecule has 0 aliphatic rings. The molecule has 1 aromatic carbocycles. The van der Waals surface area contributed by atoms with Gasteiger partial charge in [0, 0.05) is 13.1 Å². The summed E-state index contributed by atoms with van der Waals surface area (Å²) in [6.45, 7) is 1.33. The van der Waals surface area contributed by atoms with E-state index >= 15 is 0 Å². The van der Waals surface area contributed by atoms with E-state index in [9.17, 15) is 5.11 Å². The van der Waals surface area contributed by atoms with Gasteiger partial charge in [0.15, 0.2) is 0 Å². The number of hydrogen-bond acceptors (Lipinski definition) is 3. The number of likely N-dealkylation sites (N-methyl/N-ethyl adjacent to an activating group) is 1. The van der Waals surface area contributed by atoms with Gasteiger partial charge in [0.1, 0.15) is 0 Å². The van der Waals surface area contributed by atoms with Gasteiger partial charge in [0.2, 0.25) is 0 Å². The van der Waals surface area contributed by atoms with Gasteiger partial charge >= 0.3 is 0 Å². The van der Waals surface area contributed by atoms with E-state index in [0.29, 0.717) is 6.54 Å².